The summed E-state index contributed by atoms with van der Waals surface area (Å²) in [4.78, 5) is 11.3. The summed E-state index contributed by atoms with van der Waals surface area (Å²) in [5.41, 5.74) is 2.40. The Morgan fingerprint density at radius 3 is 2.69 bits per heavy atom. The van der Waals surface area contributed by atoms with Crippen molar-refractivity contribution in [3.8, 4) is 17.2 Å². The Labute approximate surface area is 172 Å². The fourth-order valence-electron chi connectivity index (χ4n) is 2.58. The summed E-state index contributed by atoms with van der Waals surface area (Å²) in [5, 5.41) is 22.6. The highest BCUT2D eigenvalue weighted by Gasteiger charge is 2.16. The SMILES string of the molecule is COc1ccc(C)cc1-n1nnnc1SC[C@@H](O)COc1ccc(C(C)=O)cc1. The van der Waals surface area contributed by atoms with E-state index in [1.807, 2.05) is 25.1 Å². The average molecular weight is 414 g/mol. The van der Waals surface area contributed by atoms with Gasteiger partial charge in [0.1, 0.15) is 23.8 Å². The molecule has 0 spiro atoms. The van der Waals surface area contributed by atoms with E-state index in [1.165, 1.54) is 18.7 Å². The molecule has 0 aliphatic carbocycles. The summed E-state index contributed by atoms with van der Waals surface area (Å²) >= 11 is 1.32. The minimum absolute atomic E-state index is 0.00375. The molecule has 8 nitrogen and oxygen atoms in total. The Morgan fingerprint density at radius 2 is 2.00 bits per heavy atom. The van der Waals surface area contributed by atoms with Crippen molar-refractivity contribution in [1.82, 2.24) is 20.2 Å². The van der Waals surface area contributed by atoms with Gasteiger partial charge in [-0.15, -0.1) is 5.10 Å². The lowest BCUT2D eigenvalue weighted by molar-refractivity contribution is 0.101. The molecule has 9 heteroatoms. The number of carbonyl (C=O) groups is 1. The van der Waals surface area contributed by atoms with Crippen LogP contribution in [-0.4, -0.2) is 56.7 Å². The lowest BCUT2D eigenvalue weighted by atomic mass is 10.1. The van der Waals surface area contributed by atoms with Crippen LogP contribution < -0.4 is 9.47 Å². The number of aliphatic hydroxyl groups excluding tert-OH is 1. The van der Waals surface area contributed by atoms with Gasteiger partial charge in [-0.2, -0.15) is 4.68 Å². The van der Waals surface area contributed by atoms with Crippen LogP contribution in [0.5, 0.6) is 11.5 Å². The zero-order chi connectivity index (χ0) is 20.8. The van der Waals surface area contributed by atoms with Crippen LogP contribution in [0.3, 0.4) is 0 Å². The first kappa shape index (κ1) is 20.8. The van der Waals surface area contributed by atoms with Crippen LogP contribution in [0.1, 0.15) is 22.8 Å². The Morgan fingerprint density at radius 1 is 1.24 bits per heavy atom. The zero-order valence-corrected chi connectivity index (χ0v) is 17.2. The molecule has 1 atom stereocenters. The summed E-state index contributed by atoms with van der Waals surface area (Å²) < 4.78 is 12.6. The molecular weight excluding hydrogens is 392 g/mol. The Kier molecular flexibility index (Phi) is 6.84. The van der Waals surface area contributed by atoms with Gasteiger partial charge in [0.15, 0.2) is 5.78 Å². The van der Waals surface area contributed by atoms with Gasteiger partial charge in [0.25, 0.3) is 0 Å². The third-order valence-electron chi connectivity index (χ3n) is 4.11. The van der Waals surface area contributed by atoms with Crippen LogP contribution in [0.25, 0.3) is 5.69 Å². The van der Waals surface area contributed by atoms with E-state index in [2.05, 4.69) is 15.5 Å². The van der Waals surface area contributed by atoms with E-state index >= 15 is 0 Å². The van der Waals surface area contributed by atoms with Crippen LogP contribution in [0.4, 0.5) is 0 Å². The van der Waals surface area contributed by atoms with E-state index in [0.29, 0.717) is 28.0 Å². The van der Waals surface area contributed by atoms with Crippen LogP contribution >= 0.6 is 11.8 Å². The summed E-state index contributed by atoms with van der Waals surface area (Å²) in [7, 11) is 1.59. The summed E-state index contributed by atoms with van der Waals surface area (Å²) in [5.74, 6) is 1.59. The summed E-state index contributed by atoms with van der Waals surface area (Å²) in [6, 6.07) is 12.6. The largest absolute Gasteiger partial charge is 0.494 e. The van der Waals surface area contributed by atoms with Gasteiger partial charge >= 0.3 is 0 Å². The molecule has 0 radical (unpaired) electrons. The highest BCUT2D eigenvalue weighted by atomic mass is 32.2. The van der Waals surface area contributed by atoms with E-state index in [9.17, 15) is 9.90 Å². The smallest absolute Gasteiger partial charge is 0.214 e. The molecule has 0 bridgehead atoms. The molecule has 152 valence electrons. The van der Waals surface area contributed by atoms with E-state index in [0.717, 1.165) is 11.3 Å². The fraction of sp³-hybridized carbons (Fsp3) is 0.300. The lowest BCUT2D eigenvalue weighted by Crippen LogP contribution is -2.20. The van der Waals surface area contributed by atoms with Gasteiger partial charge in [0, 0.05) is 11.3 Å². The Hall–Kier alpha value is -2.91. The monoisotopic (exact) mass is 414 g/mol. The number of aryl methyl sites for hydroxylation is 1. The molecule has 3 aromatic rings. The number of ether oxygens (including phenoxy) is 2. The summed E-state index contributed by atoms with van der Waals surface area (Å²) in [6.07, 6.45) is -0.725. The number of aromatic nitrogens is 4. The number of carbonyl (C=O) groups excluding carboxylic acids is 1. The number of hydrogen-bond acceptors (Lipinski definition) is 8. The van der Waals surface area contributed by atoms with E-state index in [1.54, 1.807) is 36.1 Å². The second-order valence-corrected chi connectivity index (χ2v) is 7.39. The number of aliphatic hydroxyl groups is 1. The van der Waals surface area contributed by atoms with Gasteiger partial charge in [0.2, 0.25) is 5.16 Å². The molecule has 0 fully saturated rings. The van der Waals surface area contributed by atoms with Gasteiger partial charge in [-0.3, -0.25) is 4.79 Å². The van der Waals surface area contributed by atoms with Gasteiger partial charge in [-0.25, -0.2) is 0 Å². The fourth-order valence-corrected chi connectivity index (χ4v) is 3.37. The molecule has 2 aromatic carbocycles. The molecular formula is C20H22N4O4S. The predicted molar refractivity (Wildman–Crippen MR) is 109 cm³/mol. The van der Waals surface area contributed by atoms with Crippen LogP contribution in [0, 0.1) is 6.92 Å². The van der Waals surface area contributed by atoms with E-state index in [4.69, 9.17) is 9.47 Å². The van der Waals surface area contributed by atoms with Crippen molar-refractivity contribution in [2.75, 3.05) is 19.5 Å². The number of Topliss-reactive ketones (excluding diaryl/α,β-unsaturated/α-hetero) is 1. The number of nitrogens with zero attached hydrogens (tertiary/aromatic N) is 4. The number of methoxy groups -OCH3 is 1. The molecule has 29 heavy (non-hydrogen) atoms. The molecule has 0 amide bonds. The number of thioether (sulfide) groups is 1. The maximum atomic E-state index is 11.3. The minimum Gasteiger partial charge on any atom is -0.494 e. The number of hydrogen-bond donors (Lipinski definition) is 1. The second-order valence-electron chi connectivity index (χ2n) is 6.40. The number of tetrazole rings is 1. The van der Waals surface area contributed by atoms with Crippen molar-refractivity contribution in [2.45, 2.75) is 25.1 Å². The molecule has 0 saturated heterocycles. The van der Waals surface area contributed by atoms with Gasteiger partial charge in [0.05, 0.1) is 13.2 Å². The van der Waals surface area contributed by atoms with Crippen LogP contribution in [0.15, 0.2) is 47.6 Å². The highest BCUT2D eigenvalue weighted by Crippen LogP contribution is 2.27. The van der Waals surface area contributed by atoms with Crippen LogP contribution in [0.2, 0.25) is 0 Å². The molecule has 1 aromatic heterocycles. The normalized spacial score (nSPS) is 11.9. The van der Waals surface area contributed by atoms with Gasteiger partial charge < -0.3 is 14.6 Å². The van der Waals surface area contributed by atoms with E-state index in [-0.39, 0.29) is 12.4 Å². The minimum atomic E-state index is -0.725. The van der Waals surface area contributed by atoms with Crippen molar-refractivity contribution in [3.63, 3.8) is 0 Å². The molecule has 0 aliphatic heterocycles. The Balaban J connectivity index is 1.59. The average Bonchev–Trinajstić information content (AvgIpc) is 3.19. The zero-order valence-electron chi connectivity index (χ0n) is 16.4. The first-order valence-electron chi connectivity index (χ1n) is 8.96. The predicted octanol–water partition coefficient (Wildman–Crippen LogP) is 2.71. The molecule has 1 heterocycles. The van der Waals surface area contributed by atoms with Crippen molar-refractivity contribution < 1.29 is 19.4 Å². The number of rotatable bonds is 9. The molecule has 1 N–H and O–H groups in total. The molecule has 0 aliphatic rings. The number of ketones is 1. The van der Waals surface area contributed by atoms with Crippen molar-refractivity contribution >= 4 is 17.5 Å². The highest BCUT2D eigenvalue weighted by molar-refractivity contribution is 7.99. The third-order valence-corrected chi connectivity index (χ3v) is 5.18. The standard InChI is InChI=1S/C20H22N4O4S/c1-13-4-9-19(27-3)18(10-13)24-20(21-22-23-24)29-12-16(26)11-28-17-7-5-15(6-8-17)14(2)25/h4-10,16,26H,11-12H2,1-3H3/t16-/m0/s1. The van der Waals surface area contributed by atoms with Gasteiger partial charge in [-0.1, -0.05) is 17.8 Å². The maximum absolute atomic E-state index is 11.3. The first-order chi connectivity index (χ1) is 14.0. The number of benzene rings is 2. The van der Waals surface area contributed by atoms with Crippen molar-refractivity contribution in [2.24, 2.45) is 0 Å². The lowest BCUT2D eigenvalue weighted by Gasteiger charge is -2.13. The van der Waals surface area contributed by atoms with Gasteiger partial charge in [-0.05, 0) is 66.2 Å². The topological polar surface area (TPSA) is 99.4 Å². The quantitative estimate of drug-likeness (QED) is 0.421. The molecule has 3 rings (SSSR count). The maximum Gasteiger partial charge on any atom is 0.214 e. The molecule has 0 unspecified atom stereocenters. The first-order valence-corrected chi connectivity index (χ1v) is 9.94. The third kappa shape index (κ3) is 5.33. The summed E-state index contributed by atoms with van der Waals surface area (Å²) in [6.45, 7) is 3.60. The second kappa shape index (κ2) is 9.53. The van der Waals surface area contributed by atoms with E-state index < -0.39 is 6.10 Å². The Bertz CT molecular complexity index is 975. The van der Waals surface area contributed by atoms with Crippen molar-refractivity contribution in [1.29, 1.82) is 0 Å². The van der Waals surface area contributed by atoms with Crippen molar-refractivity contribution in [3.05, 3.63) is 53.6 Å². The molecule has 0 saturated carbocycles. The van der Waals surface area contributed by atoms with Crippen LogP contribution in [-0.2, 0) is 0 Å².